The van der Waals surface area contributed by atoms with E-state index in [9.17, 15) is 19.2 Å². The second-order valence-electron chi connectivity index (χ2n) is 15.6. The molecule has 2 unspecified atom stereocenters. The first kappa shape index (κ1) is 35.0. The zero-order valence-electron chi connectivity index (χ0n) is 31.0. The Kier molecular flexibility index (Phi) is 9.03. The zero-order chi connectivity index (χ0) is 37.8. The van der Waals surface area contributed by atoms with E-state index in [-0.39, 0.29) is 23.5 Å². The van der Waals surface area contributed by atoms with Gasteiger partial charge in [0.1, 0.15) is 11.6 Å². The Bertz CT molecular complexity index is 2200. The SMILES string of the molecule is CN1CCN(C2=CN(c3cnc(C(N)=O)c(Nc4ccc(C5CCN(CC6Cc7ccc8c(on8C8CCC(=O)NC8=O)c7C6)CC5)cc4)n3)CCC2)C1=O. The van der Waals surface area contributed by atoms with E-state index in [4.69, 9.17) is 15.2 Å². The van der Waals surface area contributed by atoms with E-state index < -0.39 is 11.9 Å². The van der Waals surface area contributed by atoms with Crippen LogP contribution in [0.4, 0.5) is 22.1 Å². The lowest BCUT2D eigenvalue weighted by molar-refractivity contribution is -0.137. The van der Waals surface area contributed by atoms with Gasteiger partial charge in [0.25, 0.3) is 11.8 Å². The molecule has 0 saturated carbocycles. The number of piperidine rings is 2. The van der Waals surface area contributed by atoms with Crippen LogP contribution in [0.15, 0.2) is 59.0 Å². The van der Waals surface area contributed by atoms with E-state index in [1.165, 1.54) is 16.7 Å². The number of allylic oxidation sites excluding steroid dienone is 1. The fraction of sp³-hybridized carbons (Fsp3) is 0.450. The summed E-state index contributed by atoms with van der Waals surface area (Å²) in [6.07, 6.45) is 10.1. The number of rotatable bonds is 9. The van der Waals surface area contributed by atoms with Crippen molar-refractivity contribution in [2.24, 2.45) is 11.7 Å². The van der Waals surface area contributed by atoms with Gasteiger partial charge in [0.2, 0.25) is 5.91 Å². The summed E-state index contributed by atoms with van der Waals surface area (Å²) >= 11 is 0. The molecule has 6 heterocycles. The molecule has 4 aromatic rings. The van der Waals surface area contributed by atoms with Crippen LogP contribution < -0.4 is 21.3 Å². The molecule has 3 fully saturated rings. The summed E-state index contributed by atoms with van der Waals surface area (Å²) in [6.45, 7) is 5.19. The Morgan fingerprint density at radius 1 is 0.982 bits per heavy atom. The van der Waals surface area contributed by atoms with Crippen molar-refractivity contribution >= 4 is 52.2 Å². The number of fused-ring (bicyclic) bond motifs is 3. The normalized spacial score (nSPS) is 22.4. The van der Waals surface area contributed by atoms with Gasteiger partial charge >= 0.3 is 6.03 Å². The smallest absolute Gasteiger partial charge is 0.324 e. The van der Waals surface area contributed by atoms with Gasteiger partial charge in [-0.2, -0.15) is 4.74 Å². The number of benzene rings is 2. The van der Waals surface area contributed by atoms with Crippen LogP contribution in [0, 0.1) is 5.92 Å². The standard InChI is InChI=1S/C40H46N10O5/c1-46-17-18-49(40(46)54)29-3-2-14-48(23-29)33-21-42-35(37(41)52)38(44-33)43-28-7-4-25(5-8-28)26-12-15-47(16-13-26)22-24-19-27-6-9-31-36(30(27)20-24)55-50(31)32-10-11-34(51)45-39(32)53/h4-9,21,23-24,26,32H,2-3,10-20,22H2,1H3,(H2,41,52)(H,43,44)(H,45,51,53). The molecule has 9 rings (SSSR count). The Morgan fingerprint density at radius 2 is 1.80 bits per heavy atom. The minimum absolute atomic E-state index is 0.00202. The average Bonchev–Trinajstić information content (AvgIpc) is 3.74. The molecule has 3 saturated heterocycles. The van der Waals surface area contributed by atoms with Gasteiger partial charge in [0, 0.05) is 62.8 Å². The molecule has 5 aliphatic rings. The second kappa shape index (κ2) is 14.2. The number of likely N-dealkylation sites (N-methyl/N-ethyl adjacent to an activating group) is 1. The molecule has 0 bridgehead atoms. The van der Waals surface area contributed by atoms with Crippen LogP contribution in [0.3, 0.4) is 0 Å². The fourth-order valence-electron chi connectivity index (χ4n) is 9.01. The molecule has 0 radical (unpaired) electrons. The average molecular weight is 747 g/mol. The predicted molar refractivity (Wildman–Crippen MR) is 205 cm³/mol. The highest BCUT2D eigenvalue weighted by atomic mass is 16.5. The van der Waals surface area contributed by atoms with Crippen molar-refractivity contribution in [2.45, 2.75) is 63.3 Å². The number of hydrogen-bond acceptors (Lipinski definition) is 10. The topological polar surface area (TPSA) is 175 Å². The van der Waals surface area contributed by atoms with Crippen LogP contribution in [0.5, 0.6) is 0 Å². The fourth-order valence-corrected chi connectivity index (χ4v) is 9.01. The maximum Gasteiger partial charge on any atom is 0.324 e. The number of imide groups is 1. The van der Waals surface area contributed by atoms with E-state index in [0.29, 0.717) is 49.4 Å². The van der Waals surface area contributed by atoms with Gasteiger partial charge in [0.15, 0.2) is 22.9 Å². The van der Waals surface area contributed by atoms with Crippen LogP contribution >= 0.6 is 0 Å². The number of carbonyl (C=O) groups is 4. The quantitative estimate of drug-likeness (QED) is 0.210. The number of nitrogens with zero attached hydrogens (tertiary/aromatic N) is 7. The van der Waals surface area contributed by atoms with Crippen molar-refractivity contribution in [1.29, 1.82) is 0 Å². The number of primary amides is 1. The predicted octanol–water partition coefficient (Wildman–Crippen LogP) is 4.25. The van der Waals surface area contributed by atoms with Crippen LogP contribution in [-0.2, 0) is 22.4 Å². The number of aromatic nitrogens is 3. The van der Waals surface area contributed by atoms with Gasteiger partial charge in [-0.25, -0.2) is 14.8 Å². The summed E-state index contributed by atoms with van der Waals surface area (Å²) in [7, 11) is 1.81. The summed E-state index contributed by atoms with van der Waals surface area (Å²) in [5, 5.41) is 5.72. The Balaban J connectivity index is 0.802. The van der Waals surface area contributed by atoms with E-state index >= 15 is 0 Å². The van der Waals surface area contributed by atoms with Crippen molar-refractivity contribution < 1.29 is 23.7 Å². The van der Waals surface area contributed by atoms with E-state index in [2.05, 4.69) is 44.8 Å². The number of likely N-dealkylation sites (tertiary alicyclic amines) is 1. The molecule has 286 valence electrons. The lowest BCUT2D eigenvalue weighted by Crippen LogP contribution is -2.42. The third kappa shape index (κ3) is 6.70. The van der Waals surface area contributed by atoms with E-state index in [1.807, 2.05) is 35.2 Å². The van der Waals surface area contributed by atoms with Gasteiger partial charge in [-0.15, -0.1) is 0 Å². The summed E-state index contributed by atoms with van der Waals surface area (Å²) in [5.74, 6) is 0.676. The first-order valence-corrected chi connectivity index (χ1v) is 19.4. The molecule has 4 aliphatic heterocycles. The molecule has 1 aliphatic carbocycles. The van der Waals surface area contributed by atoms with Crippen molar-refractivity contribution in [3.8, 4) is 0 Å². The number of hydrogen-bond donors (Lipinski definition) is 3. The van der Waals surface area contributed by atoms with Gasteiger partial charge in [-0.05, 0) is 99.2 Å². The summed E-state index contributed by atoms with van der Waals surface area (Å²) in [4.78, 5) is 66.2. The van der Waals surface area contributed by atoms with E-state index in [0.717, 1.165) is 87.2 Å². The van der Waals surface area contributed by atoms with Gasteiger partial charge in [-0.1, -0.05) is 18.2 Å². The van der Waals surface area contributed by atoms with Crippen LogP contribution in [-0.4, -0.2) is 99.5 Å². The largest absolute Gasteiger partial charge is 0.376 e. The molecular weight excluding hydrogens is 701 g/mol. The van der Waals surface area contributed by atoms with Gasteiger partial charge < -0.3 is 30.3 Å². The second-order valence-corrected chi connectivity index (χ2v) is 15.6. The van der Waals surface area contributed by atoms with Crippen LogP contribution in [0.25, 0.3) is 11.1 Å². The molecule has 2 aromatic heterocycles. The van der Waals surface area contributed by atoms with Gasteiger partial charge in [-0.3, -0.25) is 24.6 Å². The first-order valence-electron chi connectivity index (χ1n) is 19.4. The monoisotopic (exact) mass is 746 g/mol. The third-order valence-corrected chi connectivity index (χ3v) is 12.0. The number of urea groups is 1. The zero-order valence-corrected chi connectivity index (χ0v) is 31.0. The highest BCUT2D eigenvalue weighted by Crippen LogP contribution is 2.39. The minimum atomic E-state index is -0.662. The Morgan fingerprint density at radius 3 is 2.55 bits per heavy atom. The van der Waals surface area contributed by atoms with Crippen molar-refractivity contribution in [2.75, 3.05) is 56.5 Å². The lowest BCUT2D eigenvalue weighted by atomic mass is 9.89. The van der Waals surface area contributed by atoms with Crippen molar-refractivity contribution in [1.82, 2.24) is 34.7 Å². The molecule has 5 amide bonds. The number of amides is 5. The highest BCUT2D eigenvalue weighted by molar-refractivity contribution is 6.00. The lowest BCUT2D eigenvalue weighted by Gasteiger charge is -2.33. The number of nitrogens with two attached hydrogens (primary N) is 1. The van der Waals surface area contributed by atoms with Crippen LogP contribution in [0.2, 0.25) is 0 Å². The number of anilines is 3. The summed E-state index contributed by atoms with van der Waals surface area (Å²) in [5.41, 5.74) is 13.2. The molecular formula is C40H46N10O5. The maximum atomic E-state index is 12.6. The maximum absolute atomic E-state index is 12.6. The van der Waals surface area contributed by atoms with Gasteiger partial charge in [0.05, 0.1) is 6.20 Å². The highest BCUT2D eigenvalue weighted by Gasteiger charge is 2.35. The van der Waals surface area contributed by atoms with Crippen molar-refractivity contribution in [3.05, 3.63) is 76.9 Å². The van der Waals surface area contributed by atoms with Crippen LogP contribution in [0.1, 0.15) is 77.7 Å². The van der Waals surface area contributed by atoms with Crippen molar-refractivity contribution in [3.63, 3.8) is 0 Å². The Labute approximate surface area is 318 Å². The number of nitrogens with one attached hydrogen (secondary N) is 2. The summed E-state index contributed by atoms with van der Waals surface area (Å²) < 4.78 is 7.76. The molecule has 2 atom stereocenters. The molecule has 0 spiro atoms. The molecule has 2 aromatic carbocycles. The number of carbonyl (C=O) groups excluding carboxylic acids is 4. The molecule has 4 N–H and O–H groups in total. The minimum Gasteiger partial charge on any atom is -0.376 e. The summed E-state index contributed by atoms with van der Waals surface area (Å²) in [6, 6.07) is 12.1. The molecule has 15 nitrogen and oxygen atoms in total. The molecule has 55 heavy (non-hydrogen) atoms. The Hall–Kier alpha value is -5.70. The van der Waals surface area contributed by atoms with E-state index in [1.54, 1.807) is 15.8 Å². The molecule has 15 heteroatoms. The third-order valence-electron chi connectivity index (χ3n) is 12.0. The first-order chi connectivity index (χ1) is 26.7.